The zero-order chi connectivity index (χ0) is 18.4. The highest BCUT2D eigenvalue weighted by molar-refractivity contribution is 9.10. The molecule has 25 heavy (non-hydrogen) atoms. The van der Waals surface area contributed by atoms with E-state index in [2.05, 4.69) is 47.2 Å². The minimum absolute atomic E-state index is 0.0318. The van der Waals surface area contributed by atoms with Gasteiger partial charge in [-0.2, -0.15) is 5.10 Å². The van der Waals surface area contributed by atoms with Crippen LogP contribution in [0.3, 0.4) is 0 Å². The van der Waals surface area contributed by atoms with Gasteiger partial charge < -0.3 is 4.74 Å². The Morgan fingerprint density at radius 3 is 2.68 bits per heavy atom. The van der Waals surface area contributed by atoms with Crippen molar-refractivity contribution in [2.75, 3.05) is 6.61 Å². The van der Waals surface area contributed by atoms with Gasteiger partial charge in [-0.1, -0.05) is 39.0 Å². The van der Waals surface area contributed by atoms with Crippen molar-refractivity contribution < 1.29 is 13.9 Å². The summed E-state index contributed by atoms with van der Waals surface area (Å²) >= 11 is 3.46. The summed E-state index contributed by atoms with van der Waals surface area (Å²) in [6.07, 6.45) is 1.37. The zero-order valence-corrected chi connectivity index (χ0v) is 15.9. The van der Waals surface area contributed by atoms with E-state index in [-0.39, 0.29) is 17.8 Å². The van der Waals surface area contributed by atoms with E-state index < -0.39 is 5.91 Å². The molecule has 6 heteroatoms. The number of hydrogen-bond donors (Lipinski definition) is 1. The van der Waals surface area contributed by atoms with Gasteiger partial charge in [-0.05, 0) is 56.7 Å². The van der Waals surface area contributed by atoms with Crippen LogP contribution in [-0.4, -0.2) is 18.7 Å². The summed E-state index contributed by atoms with van der Waals surface area (Å²) < 4.78 is 19.3. The first-order valence-corrected chi connectivity index (χ1v) is 8.55. The van der Waals surface area contributed by atoms with E-state index >= 15 is 0 Å². The van der Waals surface area contributed by atoms with Crippen molar-refractivity contribution in [2.24, 2.45) is 5.10 Å². The highest BCUT2D eigenvalue weighted by Crippen LogP contribution is 2.31. The fourth-order valence-electron chi connectivity index (χ4n) is 2.03. The Labute approximate surface area is 155 Å². The number of ether oxygens (including phenoxy) is 1. The smallest absolute Gasteiger partial charge is 0.277 e. The molecule has 0 spiro atoms. The van der Waals surface area contributed by atoms with Crippen molar-refractivity contribution in [3.05, 3.63) is 63.9 Å². The normalized spacial score (nSPS) is 11.6. The van der Waals surface area contributed by atoms with Crippen LogP contribution in [0.2, 0.25) is 0 Å². The van der Waals surface area contributed by atoms with E-state index in [1.54, 1.807) is 12.1 Å². The number of nitrogens with one attached hydrogen (secondary N) is 1. The Kier molecular flexibility index (Phi) is 6.31. The quantitative estimate of drug-likeness (QED) is 0.590. The fraction of sp³-hybridized carbons (Fsp3) is 0.263. The molecule has 2 aromatic rings. The summed E-state index contributed by atoms with van der Waals surface area (Å²) in [6.45, 7) is 6.20. The molecule has 0 aromatic heterocycles. The van der Waals surface area contributed by atoms with Crippen LogP contribution in [-0.2, 0) is 10.2 Å². The SMILES string of the molecule is CC(C)(C)c1ccc(OCC(=O)NN=Cc2cccc(F)c2)c(Br)c1. The molecular formula is C19H20BrFN2O2. The maximum atomic E-state index is 13.0. The van der Waals surface area contributed by atoms with Crippen LogP contribution in [0.4, 0.5) is 4.39 Å². The number of rotatable bonds is 5. The van der Waals surface area contributed by atoms with E-state index in [9.17, 15) is 9.18 Å². The molecule has 4 nitrogen and oxygen atoms in total. The van der Waals surface area contributed by atoms with Gasteiger partial charge in [0.1, 0.15) is 11.6 Å². The minimum atomic E-state index is -0.403. The van der Waals surface area contributed by atoms with Crippen LogP contribution in [0.25, 0.3) is 0 Å². The molecule has 0 radical (unpaired) electrons. The second-order valence-corrected chi connectivity index (χ2v) is 7.39. The molecule has 0 atom stereocenters. The van der Waals surface area contributed by atoms with Crippen LogP contribution in [0, 0.1) is 5.82 Å². The van der Waals surface area contributed by atoms with Crippen molar-refractivity contribution in [1.82, 2.24) is 5.43 Å². The van der Waals surface area contributed by atoms with Crippen molar-refractivity contribution in [3.63, 3.8) is 0 Å². The number of benzene rings is 2. The number of halogens is 2. The minimum Gasteiger partial charge on any atom is -0.483 e. The average Bonchev–Trinajstić information content (AvgIpc) is 2.53. The molecule has 2 aromatic carbocycles. The Morgan fingerprint density at radius 2 is 2.04 bits per heavy atom. The standard InChI is InChI=1S/C19H20BrFN2O2/c1-19(2,3)14-7-8-17(16(20)10-14)25-12-18(24)23-22-11-13-5-4-6-15(21)9-13/h4-11H,12H2,1-3H3,(H,23,24). The van der Waals surface area contributed by atoms with E-state index in [1.165, 1.54) is 18.3 Å². The third-order valence-electron chi connectivity index (χ3n) is 3.41. The molecule has 1 amide bonds. The van der Waals surface area contributed by atoms with Gasteiger partial charge in [0.2, 0.25) is 0 Å². The Balaban J connectivity index is 1.88. The van der Waals surface area contributed by atoms with E-state index in [0.29, 0.717) is 11.3 Å². The number of nitrogens with zero attached hydrogens (tertiary/aromatic N) is 1. The van der Waals surface area contributed by atoms with Crippen molar-refractivity contribution >= 4 is 28.1 Å². The maximum Gasteiger partial charge on any atom is 0.277 e. The highest BCUT2D eigenvalue weighted by Gasteiger charge is 2.15. The first-order chi connectivity index (χ1) is 11.8. The lowest BCUT2D eigenvalue weighted by molar-refractivity contribution is -0.123. The van der Waals surface area contributed by atoms with Gasteiger partial charge >= 0.3 is 0 Å². The van der Waals surface area contributed by atoms with Crippen molar-refractivity contribution in [3.8, 4) is 5.75 Å². The number of amides is 1. The molecule has 0 aliphatic rings. The van der Waals surface area contributed by atoms with Crippen LogP contribution in [0.15, 0.2) is 52.0 Å². The molecule has 0 heterocycles. The second-order valence-electron chi connectivity index (χ2n) is 6.53. The van der Waals surface area contributed by atoms with Crippen LogP contribution in [0.5, 0.6) is 5.75 Å². The number of carbonyl (C=O) groups is 1. The lowest BCUT2D eigenvalue weighted by atomic mass is 9.87. The summed E-state index contributed by atoms with van der Waals surface area (Å²) in [7, 11) is 0. The van der Waals surface area contributed by atoms with Gasteiger partial charge in [0.15, 0.2) is 6.61 Å². The van der Waals surface area contributed by atoms with Gasteiger partial charge in [-0.25, -0.2) is 9.82 Å². The predicted octanol–water partition coefficient (Wildman–Crippen LogP) is 4.41. The lowest BCUT2D eigenvalue weighted by Gasteiger charge is -2.20. The van der Waals surface area contributed by atoms with E-state index in [0.717, 1.165) is 10.0 Å². The second kappa shape index (κ2) is 8.25. The first kappa shape index (κ1) is 19.1. The number of hydrogen-bond acceptors (Lipinski definition) is 3. The molecule has 0 aliphatic carbocycles. The fourth-order valence-corrected chi connectivity index (χ4v) is 2.52. The molecule has 0 fully saturated rings. The third kappa shape index (κ3) is 5.98. The topological polar surface area (TPSA) is 50.7 Å². The predicted molar refractivity (Wildman–Crippen MR) is 100 cm³/mol. The molecule has 0 saturated carbocycles. The highest BCUT2D eigenvalue weighted by atomic mass is 79.9. The van der Waals surface area contributed by atoms with Gasteiger partial charge in [0, 0.05) is 0 Å². The Bertz CT molecular complexity index is 785. The summed E-state index contributed by atoms with van der Waals surface area (Å²) in [5.41, 5.74) is 4.10. The largest absolute Gasteiger partial charge is 0.483 e. The summed E-state index contributed by atoms with van der Waals surface area (Å²) in [5.74, 6) is -0.182. The molecule has 0 aliphatic heterocycles. The third-order valence-corrected chi connectivity index (χ3v) is 4.03. The monoisotopic (exact) mass is 406 g/mol. The van der Waals surface area contributed by atoms with Crippen LogP contribution >= 0.6 is 15.9 Å². The summed E-state index contributed by atoms with van der Waals surface area (Å²) in [4.78, 5) is 11.8. The van der Waals surface area contributed by atoms with Gasteiger partial charge in [-0.3, -0.25) is 4.79 Å². The van der Waals surface area contributed by atoms with E-state index in [4.69, 9.17) is 4.74 Å². The number of carbonyl (C=O) groups excluding carboxylic acids is 1. The van der Waals surface area contributed by atoms with Crippen LogP contribution < -0.4 is 10.2 Å². The molecule has 0 bridgehead atoms. The Hall–Kier alpha value is -2.21. The molecule has 132 valence electrons. The average molecular weight is 407 g/mol. The van der Waals surface area contributed by atoms with Crippen molar-refractivity contribution in [1.29, 1.82) is 0 Å². The van der Waals surface area contributed by atoms with Gasteiger partial charge in [0.05, 0.1) is 10.7 Å². The Morgan fingerprint density at radius 1 is 1.28 bits per heavy atom. The van der Waals surface area contributed by atoms with Crippen LogP contribution in [0.1, 0.15) is 31.9 Å². The van der Waals surface area contributed by atoms with E-state index in [1.807, 2.05) is 18.2 Å². The molecule has 0 saturated heterocycles. The summed E-state index contributed by atoms with van der Waals surface area (Å²) in [5, 5.41) is 3.78. The molecule has 0 unspecified atom stereocenters. The van der Waals surface area contributed by atoms with Crippen molar-refractivity contribution in [2.45, 2.75) is 26.2 Å². The lowest BCUT2D eigenvalue weighted by Crippen LogP contribution is -2.24. The first-order valence-electron chi connectivity index (χ1n) is 7.76. The van der Waals surface area contributed by atoms with Gasteiger partial charge in [-0.15, -0.1) is 0 Å². The molecular weight excluding hydrogens is 387 g/mol. The number of hydrazone groups is 1. The zero-order valence-electron chi connectivity index (χ0n) is 14.3. The summed E-state index contributed by atoms with van der Waals surface area (Å²) in [6, 6.07) is 11.7. The molecule has 1 N–H and O–H groups in total. The maximum absolute atomic E-state index is 13.0. The molecule has 2 rings (SSSR count). The van der Waals surface area contributed by atoms with Gasteiger partial charge in [0.25, 0.3) is 5.91 Å².